The van der Waals surface area contributed by atoms with E-state index in [0.717, 1.165) is 48.6 Å². The monoisotopic (exact) mass is 777 g/mol. The van der Waals surface area contributed by atoms with Crippen molar-refractivity contribution >= 4 is 50.7 Å². The first-order valence-corrected chi connectivity index (χ1v) is 21.9. The molecule has 1 atom stereocenters. The maximum atomic E-state index is 5.19. The molecule has 7 aromatic carbocycles. The Morgan fingerprint density at radius 3 is 1.92 bits per heavy atom. The molecule has 60 heavy (non-hydrogen) atoms. The number of anilines is 3. The Hall–Kier alpha value is -6.71. The van der Waals surface area contributed by atoms with Gasteiger partial charge in [-0.2, -0.15) is 0 Å². The number of rotatable bonds is 12. The van der Waals surface area contributed by atoms with E-state index in [1.54, 1.807) is 0 Å². The third-order valence-electron chi connectivity index (χ3n) is 12.7. The van der Waals surface area contributed by atoms with Crippen molar-refractivity contribution in [1.82, 2.24) is 4.57 Å². The predicted molar refractivity (Wildman–Crippen MR) is 256 cm³/mol. The van der Waals surface area contributed by atoms with Crippen molar-refractivity contribution in [3.05, 3.63) is 209 Å². The Bertz CT molecular complexity index is 2910. The quantitative estimate of drug-likeness (QED) is 0.0894. The lowest BCUT2D eigenvalue weighted by Gasteiger charge is -2.33. The second-order valence-electron chi connectivity index (χ2n) is 16.3. The number of benzene rings is 7. The Labute approximate surface area is 354 Å². The fraction of sp³-hybridized carbons (Fsp3) is 0.175. The molecule has 0 saturated carbocycles. The van der Waals surface area contributed by atoms with Gasteiger partial charge in [0, 0.05) is 46.3 Å². The van der Waals surface area contributed by atoms with E-state index < -0.39 is 5.41 Å². The third-order valence-corrected chi connectivity index (χ3v) is 12.7. The van der Waals surface area contributed by atoms with Crippen molar-refractivity contribution < 1.29 is 0 Å². The molecule has 0 bridgehead atoms. The fourth-order valence-electron chi connectivity index (χ4n) is 10.0. The van der Waals surface area contributed by atoms with Crippen LogP contribution in [0.4, 0.5) is 17.1 Å². The van der Waals surface area contributed by atoms with Gasteiger partial charge in [0.1, 0.15) is 0 Å². The van der Waals surface area contributed by atoms with Crippen molar-refractivity contribution in [2.75, 3.05) is 11.4 Å². The van der Waals surface area contributed by atoms with Crippen molar-refractivity contribution in [1.29, 1.82) is 0 Å². The summed E-state index contributed by atoms with van der Waals surface area (Å²) >= 11 is 0. The van der Waals surface area contributed by atoms with E-state index >= 15 is 0 Å². The molecule has 0 N–H and O–H groups in total. The smallest absolute Gasteiger partial charge is 0.0741 e. The summed E-state index contributed by atoms with van der Waals surface area (Å²) in [5, 5.41) is 2.53. The van der Waals surface area contributed by atoms with Crippen LogP contribution in [0.25, 0.3) is 44.2 Å². The molecule has 3 heteroatoms. The molecule has 294 valence electrons. The summed E-state index contributed by atoms with van der Waals surface area (Å²) < 4.78 is 2.39. The normalized spacial score (nSPS) is 15.5. The molecule has 2 aliphatic rings. The van der Waals surface area contributed by atoms with E-state index in [1.165, 1.54) is 84.7 Å². The number of hydrogen-bond acceptors (Lipinski definition) is 2. The second kappa shape index (κ2) is 15.8. The molecular formula is C57H51N3. The maximum Gasteiger partial charge on any atom is 0.0741 e. The van der Waals surface area contributed by atoms with E-state index in [9.17, 15) is 0 Å². The average molecular weight is 778 g/mol. The van der Waals surface area contributed by atoms with E-state index in [4.69, 9.17) is 4.99 Å². The van der Waals surface area contributed by atoms with Crippen molar-refractivity contribution in [3.63, 3.8) is 0 Å². The molecule has 2 aliphatic carbocycles. The van der Waals surface area contributed by atoms with Gasteiger partial charge in [-0.05, 0) is 137 Å². The van der Waals surface area contributed by atoms with E-state index in [1.807, 2.05) is 0 Å². The van der Waals surface area contributed by atoms with Crippen LogP contribution >= 0.6 is 0 Å². The molecule has 0 saturated heterocycles. The number of unbranched alkanes of at least 4 members (excludes halogenated alkanes) is 2. The lowest BCUT2D eigenvalue weighted by Crippen LogP contribution is -2.28. The van der Waals surface area contributed by atoms with Crippen molar-refractivity contribution in [2.45, 2.75) is 58.3 Å². The van der Waals surface area contributed by atoms with Gasteiger partial charge in [0.2, 0.25) is 0 Å². The average Bonchev–Trinajstić information content (AvgIpc) is 3.89. The highest BCUT2D eigenvalue weighted by Crippen LogP contribution is 2.62. The zero-order chi connectivity index (χ0) is 40.6. The number of aryl methyl sites for hydroxylation is 1. The summed E-state index contributed by atoms with van der Waals surface area (Å²) in [5.74, 6) is 0. The van der Waals surface area contributed by atoms with Gasteiger partial charge in [-0.3, -0.25) is 4.99 Å². The van der Waals surface area contributed by atoms with Gasteiger partial charge in [-0.1, -0.05) is 142 Å². The van der Waals surface area contributed by atoms with Gasteiger partial charge in [-0.15, -0.1) is 0 Å². The molecule has 1 spiro atoms. The molecule has 1 unspecified atom stereocenters. The summed E-state index contributed by atoms with van der Waals surface area (Å²) in [7, 11) is 0. The van der Waals surface area contributed by atoms with Crippen LogP contribution in [0.2, 0.25) is 0 Å². The van der Waals surface area contributed by atoms with Crippen molar-refractivity contribution in [3.8, 4) is 16.8 Å². The van der Waals surface area contributed by atoms with Crippen LogP contribution in [0.3, 0.4) is 0 Å². The molecule has 1 heterocycles. The molecule has 0 radical (unpaired) electrons. The van der Waals surface area contributed by atoms with Crippen LogP contribution in [0.15, 0.2) is 187 Å². The van der Waals surface area contributed by atoms with E-state index in [-0.39, 0.29) is 0 Å². The fourth-order valence-corrected chi connectivity index (χ4v) is 10.0. The summed E-state index contributed by atoms with van der Waals surface area (Å²) in [5.41, 5.74) is 18.2. The van der Waals surface area contributed by atoms with Gasteiger partial charge < -0.3 is 9.47 Å². The Kier molecular flexibility index (Phi) is 9.89. The summed E-state index contributed by atoms with van der Waals surface area (Å²) in [6.07, 6.45) is 12.4. The number of aromatic nitrogens is 1. The topological polar surface area (TPSA) is 20.5 Å². The van der Waals surface area contributed by atoms with Gasteiger partial charge in [0.15, 0.2) is 0 Å². The molecule has 8 aromatic rings. The van der Waals surface area contributed by atoms with Gasteiger partial charge >= 0.3 is 0 Å². The van der Waals surface area contributed by atoms with Crippen LogP contribution in [0.1, 0.15) is 74.3 Å². The number of aliphatic imine (C=N–C) groups is 1. The minimum absolute atomic E-state index is 0.521. The maximum absolute atomic E-state index is 5.19. The standard InChI is InChI=1S/C57H51N3/c1-4-7-19-40-28-34-47-45(18-6-3)54(39-58-36-8-5-2)57(52(47)37-40)51-25-15-12-22-46(51)48-35-33-44(38-53(48)57)59(41-20-10-9-11-21-41)42-29-31-43(32-30-42)60-55-26-16-13-23-49(55)50-24-14-17-27-56(50)60/h6,9-18,20-35,37-39H,4-5,7-8,19,36H2,1-3H3/b18-6-,58-39?. The number of para-hydroxylation sites is 3. The lowest BCUT2D eigenvalue weighted by atomic mass is 9.69. The largest absolute Gasteiger partial charge is 0.310 e. The highest BCUT2D eigenvalue weighted by Gasteiger charge is 2.52. The van der Waals surface area contributed by atoms with Crippen molar-refractivity contribution in [2.24, 2.45) is 4.99 Å². The van der Waals surface area contributed by atoms with Gasteiger partial charge in [0.05, 0.1) is 16.4 Å². The Morgan fingerprint density at radius 1 is 0.567 bits per heavy atom. The molecule has 0 amide bonds. The Balaban J connectivity index is 1.18. The van der Waals surface area contributed by atoms with Crippen LogP contribution in [0.5, 0.6) is 0 Å². The van der Waals surface area contributed by atoms with Crippen LogP contribution in [-0.4, -0.2) is 17.3 Å². The molecule has 0 fully saturated rings. The molecule has 3 nitrogen and oxygen atoms in total. The first-order chi connectivity index (χ1) is 29.7. The highest BCUT2D eigenvalue weighted by molar-refractivity contribution is 6.10. The summed E-state index contributed by atoms with van der Waals surface area (Å²) in [6, 6.07) is 61.0. The summed E-state index contributed by atoms with van der Waals surface area (Å²) in [6.45, 7) is 7.48. The van der Waals surface area contributed by atoms with E-state index in [2.05, 4.69) is 212 Å². The number of hydrogen-bond donors (Lipinski definition) is 0. The third kappa shape index (κ3) is 5.98. The van der Waals surface area contributed by atoms with E-state index in [0.29, 0.717) is 0 Å². The number of allylic oxidation sites excluding steroid dienone is 4. The molecular weight excluding hydrogens is 727 g/mol. The zero-order valence-electron chi connectivity index (χ0n) is 34.9. The molecule has 10 rings (SSSR count). The minimum Gasteiger partial charge on any atom is -0.310 e. The lowest BCUT2D eigenvalue weighted by molar-refractivity contribution is 0.774. The molecule has 0 aliphatic heterocycles. The number of fused-ring (bicyclic) bond motifs is 10. The van der Waals surface area contributed by atoms with Crippen LogP contribution in [-0.2, 0) is 11.8 Å². The predicted octanol–water partition coefficient (Wildman–Crippen LogP) is 15.1. The zero-order valence-corrected chi connectivity index (χ0v) is 34.9. The first kappa shape index (κ1) is 37.6. The second-order valence-corrected chi connectivity index (χ2v) is 16.3. The summed E-state index contributed by atoms with van der Waals surface area (Å²) in [4.78, 5) is 7.61. The van der Waals surface area contributed by atoms with Gasteiger partial charge in [0.25, 0.3) is 0 Å². The highest BCUT2D eigenvalue weighted by atomic mass is 15.1. The minimum atomic E-state index is -0.521. The van der Waals surface area contributed by atoms with Crippen LogP contribution in [0, 0.1) is 0 Å². The first-order valence-electron chi connectivity index (χ1n) is 21.9. The number of nitrogens with zero attached hydrogens (tertiary/aromatic N) is 3. The van der Waals surface area contributed by atoms with Gasteiger partial charge in [-0.25, -0.2) is 0 Å². The SMILES string of the molecule is C/C=C\C1=C(C=NCCCC)C2(c3cc(CCCC)ccc31)c1ccccc1-c1ccc(N(c3ccccc3)c3ccc(-n4c5ccccc5c5ccccc54)cc3)cc12. The Morgan fingerprint density at radius 2 is 1.18 bits per heavy atom. The van der Waals surface area contributed by atoms with Crippen LogP contribution < -0.4 is 4.90 Å². The molecule has 1 aromatic heterocycles.